The lowest BCUT2D eigenvalue weighted by Crippen LogP contribution is -2.37. The van der Waals surface area contributed by atoms with Crippen LogP contribution >= 0.6 is 0 Å². The van der Waals surface area contributed by atoms with Gasteiger partial charge in [0.25, 0.3) is 5.91 Å². The van der Waals surface area contributed by atoms with E-state index in [2.05, 4.69) is 20.5 Å². The van der Waals surface area contributed by atoms with Gasteiger partial charge in [0.05, 0.1) is 19.8 Å². The molecule has 3 aromatic carbocycles. The van der Waals surface area contributed by atoms with Crippen LogP contribution in [0.25, 0.3) is 22.6 Å². The van der Waals surface area contributed by atoms with Crippen LogP contribution in [0.4, 0.5) is 15.9 Å². The van der Waals surface area contributed by atoms with Crippen LogP contribution in [0.5, 0.6) is 5.75 Å². The fraction of sp³-hybridized carbons (Fsp3) is 0.179. The van der Waals surface area contributed by atoms with E-state index in [-0.39, 0.29) is 17.5 Å². The van der Waals surface area contributed by atoms with E-state index in [9.17, 15) is 14.3 Å². The number of carbonyl (C=O) groups excluding carboxylic acids is 1. The van der Waals surface area contributed by atoms with Gasteiger partial charge in [-0.25, -0.2) is 19.0 Å². The van der Waals surface area contributed by atoms with Gasteiger partial charge >= 0.3 is 0 Å². The third-order valence-electron chi connectivity index (χ3n) is 6.41. The molecule has 0 saturated carbocycles. The minimum atomic E-state index is -0.366. The van der Waals surface area contributed by atoms with E-state index in [1.165, 1.54) is 24.3 Å². The molecule has 0 radical (unpaired) electrons. The smallest absolute Gasteiger partial charge is 0.255 e. The Bertz CT molecular complexity index is 1630. The van der Waals surface area contributed by atoms with Crippen LogP contribution in [-0.4, -0.2) is 62.3 Å². The molecule has 0 aliphatic carbocycles. The fourth-order valence-corrected chi connectivity index (χ4v) is 4.39. The van der Waals surface area contributed by atoms with Gasteiger partial charge < -0.3 is 20.1 Å². The molecule has 3 heterocycles. The maximum Gasteiger partial charge on any atom is 0.255 e. The first-order valence-corrected chi connectivity index (χ1v) is 12.4. The molecule has 0 spiro atoms. The van der Waals surface area contributed by atoms with Crippen molar-refractivity contribution < 1.29 is 19.0 Å². The summed E-state index contributed by atoms with van der Waals surface area (Å²) >= 11 is 0. The topological polar surface area (TPSA) is 118 Å². The summed E-state index contributed by atoms with van der Waals surface area (Å²) in [5, 5.41) is 21.5. The number of phenols is 1. The number of amides is 1. The minimum absolute atomic E-state index is 0.124. The van der Waals surface area contributed by atoms with Crippen molar-refractivity contribution in [1.29, 1.82) is 0 Å². The second kappa shape index (κ2) is 10.5. The summed E-state index contributed by atoms with van der Waals surface area (Å²) in [7, 11) is 0. The maximum absolute atomic E-state index is 13.1. The Morgan fingerprint density at radius 1 is 1.00 bits per heavy atom. The number of aromatic hydroxyl groups is 1. The van der Waals surface area contributed by atoms with Crippen molar-refractivity contribution in [3.8, 4) is 17.1 Å². The Balaban J connectivity index is 1.29. The van der Waals surface area contributed by atoms with Crippen molar-refractivity contribution in [2.75, 3.05) is 36.5 Å². The Morgan fingerprint density at radius 3 is 2.51 bits per heavy atom. The third kappa shape index (κ3) is 5.25. The summed E-state index contributed by atoms with van der Waals surface area (Å²) in [6, 6.07) is 19.5. The number of rotatable bonds is 6. The molecule has 1 aliphatic rings. The summed E-state index contributed by atoms with van der Waals surface area (Å²) in [6.45, 7) is 2.87. The number of carbonyl (C=O) groups is 1. The molecule has 5 aromatic rings. The number of nitrogens with zero attached hydrogens (tertiary/aromatic N) is 6. The molecule has 2 N–H and O–H groups in total. The number of halogens is 1. The van der Waals surface area contributed by atoms with Gasteiger partial charge in [-0.1, -0.05) is 29.5 Å². The highest BCUT2D eigenvalue weighted by Crippen LogP contribution is 2.28. The predicted octanol–water partition coefficient (Wildman–Crippen LogP) is 3.87. The molecule has 2 aromatic heterocycles. The molecule has 1 amide bonds. The van der Waals surface area contributed by atoms with E-state index >= 15 is 0 Å². The van der Waals surface area contributed by atoms with E-state index in [1.54, 1.807) is 35.0 Å². The molecule has 0 bridgehead atoms. The number of fused-ring (bicyclic) bond motifs is 1. The van der Waals surface area contributed by atoms with Crippen LogP contribution in [0.2, 0.25) is 0 Å². The summed E-state index contributed by atoms with van der Waals surface area (Å²) in [6.07, 6.45) is 0. The van der Waals surface area contributed by atoms with Crippen molar-refractivity contribution in [2.24, 2.45) is 0 Å². The molecule has 6 rings (SSSR count). The molecular formula is C28H24FN7O3. The summed E-state index contributed by atoms with van der Waals surface area (Å²) < 4.78 is 20.3. The lowest BCUT2D eigenvalue weighted by molar-refractivity contribution is 0.102. The first kappa shape index (κ1) is 24.4. The molecule has 11 heteroatoms. The molecule has 10 nitrogen and oxygen atoms in total. The fourth-order valence-electron chi connectivity index (χ4n) is 4.39. The van der Waals surface area contributed by atoms with Crippen molar-refractivity contribution in [3.05, 3.63) is 89.7 Å². The second-order valence-electron chi connectivity index (χ2n) is 9.10. The van der Waals surface area contributed by atoms with Crippen LogP contribution in [0, 0.1) is 5.82 Å². The number of ether oxygens (including phenoxy) is 1. The number of anilines is 2. The Kier molecular flexibility index (Phi) is 6.55. The highest BCUT2D eigenvalue weighted by atomic mass is 19.1. The van der Waals surface area contributed by atoms with Crippen molar-refractivity contribution >= 4 is 28.6 Å². The van der Waals surface area contributed by atoms with Gasteiger partial charge in [-0.3, -0.25) is 4.79 Å². The third-order valence-corrected chi connectivity index (χ3v) is 6.41. The normalized spacial score (nSPS) is 13.5. The van der Waals surface area contributed by atoms with E-state index in [4.69, 9.17) is 14.7 Å². The first-order chi connectivity index (χ1) is 19.0. The average Bonchev–Trinajstić information content (AvgIpc) is 3.37. The van der Waals surface area contributed by atoms with Crippen molar-refractivity contribution in [1.82, 2.24) is 25.0 Å². The van der Waals surface area contributed by atoms with Gasteiger partial charge in [-0.15, -0.1) is 5.10 Å². The summed E-state index contributed by atoms with van der Waals surface area (Å²) in [5.41, 5.74) is 3.69. The SMILES string of the molecule is O=C(Nc1ccc(F)cc1)c1ccc(Cn2nnc3c(N4CCOCC4)nc(-c4cccc(O)c4)nc32)cc1. The molecule has 39 heavy (non-hydrogen) atoms. The van der Waals surface area contributed by atoms with Gasteiger partial charge in [0, 0.05) is 29.9 Å². The highest BCUT2D eigenvalue weighted by Gasteiger charge is 2.22. The number of hydrogen-bond acceptors (Lipinski definition) is 8. The van der Waals surface area contributed by atoms with Crippen LogP contribution in [0.3, 0.4) is 0 Å². The predicted molar refractivity (Wildman–Crippen MR) is 143 cm³/mol. The number of nitrogens with one attached hydrogen (secondary N) is 1. The zero-order valence-electron chi connectivity index (χ0n) is 20.8. The number of benzene rings is 3. The number of aromatic nitrogens is 5. The zero-order chi connectivity index (χ0) is 26.8. The molecular weight excluding hydrogens is 501 g/mol. The van der Waals surface area contributed by atoms with Gasteiger partial charge in [0.15, 0.2) is 22.8 Å². The molecule has 1 fully saturated rings. The molecule has 0 unspecified atom stereocenters. The van der Waals surface area contributed by atoms with Crippen LogP contribution in [0.15, 0.2) is 72.8 Å². The Hall–Kier alpha value is -4.90. The van der Waals surface area contributed by atoms with Crippen LogP contribution in [0.1, 0.15) is 15.9 Å². The van der Waals surface area contributed by atoms with Crippen LogP contribution < -0.4 is 10.2 Å². The lowest BCUT2D eigenvalue weighted by Gasteiger charge is -2.28. The van der Waals surface area contributed by atoms with Gasteiger partial charge in [-0.05, 0) is 54.1 Å². The van der Waals surface area contributed by atoms with Crippen molar-refractivity contribution in [3.63, 3.8) is 0 Å². The Morgan fingerprint density at radius 2 is 1.77 bits per heavy atom. The minimum Gasteiger partial charge on any atom is -0.508 e. The number of hydrogen-bond donors (Lipinski definition) is 2. The van der Waals surface area contributed by atoms with Gasteiger partial charge in [0.1, 0.15) is 11.6 Å². The molecule has 196 valence electrons. The Labute approximate surface area is 222 Å². The molecule has 1 aliphatic heterocycles. The lowest BCUT2D eigenvalue weighted by atomic mass is 10.1. The summed E-state index contributed by atoms with van der Waals surface area (Å²) in [5.74, 6) is 0.587. The first-order valence-electron chi connectivity index (χ1n) is 12.4. The monoisotopic (exact) mass is 525 g/mol. The van der Waals surface area contributed by atoms with E-state index < -0.39 is 0 Å². The highest BCUT2D eigenvalue weighted by molar-refractivity contribution is 6.04. The summed E-state index contributed by atoms with van der Waals surface area (Å²) in [4.78, 5) is 24.3. The van der Waals surface area contributed by atoms with Gasteiger partial charge in [0.2, 0.25) is 0 Å². The number of phenolic OH excluding ortho intramolecular Hbond substituents is 1. The van der Waals surface area contributed by atoms with Crippen molar-refractivity contribution in [2.45, 2.75) is 6.54 Å². The van der Waals surface area contributed by atoms with Gasteiger partial charge in [-0.2, -0.15) is 0 Å². The second-order valence-corrected chi connectivity index (χ2v) is 9.10. The number of morpholine rings is 1. The quantitative estimate of drug-likeness (QED) is 0.343. The van der Waals surface area contributed by atoms with Crippen LogP contribution in [-0.2, 0) is 11.3 Å². The molecule has 0 atom stereocenters. The zero-order valence-corrected chi connectivity index (χ0v) is 20.8. The maximum atomic E-state index is 13.1. The average molecular weight is 526 g/mol. The van der Waals surface area contributed by atoms with E-state index in [1.807, 2.05) is 18.2 Å². The standard InChI is InChI=1S/C28H24FN7O3/c29-21-8-10-22(11-9-21)30-28(38)19-6-4-18(5-7-19)17-36-27-24(33-34-36)26(35-12-14-39-15-13-35)31-25(32-27)20-2-1-3-23(37)16-20/h1-11,16,37H,12-15,17H2,(H,30,38). The largest absolute Gasteiger partial charge is 0.508 e. The molecule has 1 saturated heterocycles. The van der Waals surface area contributed by atoms with E-state index in [0.717, 1.165) is 5.56 Å². The van der Waals surface area contributed by atoms with E-state index in [0.29, 0.717) is 72.5 Å².